The van der Waals surface area contributed by atoms with E-state index < -0.39 is 0 Å². The molecule has 1 saturated heterocycles. The smallest absolute Gasteiger partial charge is 0.290 e. The number of nitrogens with zero attached hydrogens (tertiary/aromatic N) is 3. The first-order chi connectivity index (χ1) is 10.1. The van der Waals surface area contributed by atoms with E-state index in [4.69, 9.17) is 20.0 Å². The van der Waals surface area contributed by atoms with Crippen LogP contribution < -0.4 is 10.4 Å². The average molecular weight is 359 g/mol. The number of rotatable bonds is 3. The number of hydrogen-bond donors (Lipinski definition) is 2. The van der Waals surface area contributed by atoms with Crippen LogP contribution in [0.2, 0.25) is 0 Å². The molecule has 1 fully saturated rings. The molecule has 0 bridgehead atoms. The Morgan fingerprint density at radius 2 is 2.14 bits per heavy atom. The molecule has 0 radical (unpaired) electrons. The van der Waals surface area contributed by atoms with E-state index in [9.17, 15) is 0 Å². The molecule has 0 amide bonds. The van der Waals surface area contributed by atoms with Gasteiger partial charge in [-0.2, -0.15) is 0 Å². The summed E-state index contributed by atoms with van der Waals surface area (Å²) in [6, 6.07) is 0. The predicted octanol–water partition coefficient (Wildman–Crippen LogP) is 1.54. The lowest BCUT2D eigenvalue weighted by molar-refractivity contribution is -0.122. The number of hydrogen-bond acceptors (Lipinski definition) is 5. The third kappa shape index (κ3) is 5.31. The topological polar surface area (TPSA) is 91.4 Å². The monoisotopic (exact) mass is 358 g/mol. The van der Waals surface area contributed by atoms with E-state index in [-0.39, 0.29) is 6.47 Å². The van der Waals surface area contributed by atoms with Gasteiger partial charge in [-0.25, -0.2) is 4.98 Å². The molecule has 0 spiro atoms. The number of ether oxygens (including phenoxy) is 1. The molecule has 7 nitrogen and oxygen atoms in total. The molecule has 116 valence electrons. The minimum atomic E-state index is -0.250. The Balaban J connectivity index is 0.000000677. The summed E-state index contributed by atoms with van der Waals surface area (Å²) in [7, 11) is 0. The molecule has 1 aliphatic rings. The Kier molecular flexibility index (Phi) is 7.70. The molecular formula is C13H19BrN4O3. The van der Waals surface area contributed by atoms with Gasteiger partial charge in [0, 0.05) is 25.5 Å². The predicted molar refractivity (Wildman–Crippen MR) is 83.1 cm³/mol. The lowest BCUT2D eigenvalue weighted by Gasteiger charge is -2.28. The van der Waals surface area contributed by atoms with Crippen LogP contribution in [0.1, 0.15) is 13.3 Å². The average Bonchev–Trinajstić information content (AvgIpc) is 2.49. The normalized spacial score (nSPS) is 14.7. The molecule has 0 atom stereocenters. The quantitative estimate of drug-likeness (QED) is 0.799. The van der Waals surface area contributed by atoms with E-state index in [2.05, 4.69) is 32.7 Å². The molecule has 2 heterocycles. The summed E-state index contributed by atoms with van der Waals surface area (Å²) in [6.45, 7) is 4.77. The summed E-state index contributed by atoms with van der Waals surface area (Å²) in [5, 5.41) is 15.1. The largest absolute Gasteiger partial charge is 0.483 e. The van der Waals surface area contributed by atoms with Crippen LogP contribution in [0.25, 0.3) is 6.20 Å². The van der Waals surface area contributed by atoms with Gasteiger partial charge in [-0.15, -0.1) is 0 Å². The maximum atomic E-state index is 8.36. The third-order valence-electron chi connectivity index (χ3n) is 2.74. The first-order valence-corrected chi connectivity index (χ1v) is 7.33. The summed E-state index contributed by atoms with van der Waals surface area (Å²) in [4.78, 5) is 14.9. The van der Waals surface area contributed by atoms with Crippen molar-refractivity contribution >= 4 is 34.4 Å². The van der Waals surface area contributed by atoms with Gasteiger partial charge in [-0.3, -0.25) is 10.2 Å². The van der Waals surface area contributed by atoms with Crippen LogP contribution in [0.5, 0.6) is 0 Å². The highest BCUT2D eigenvalue weighted by molar-refractivity contribution is 9.10. The van der Waals surface area contributed by atoms with Gasteiger partial charge >= 0.3 is 0 Å². The second-order valence-corrected chi connectivity index (χ2v) is 4.95. The van der Waals surface area contributed by atoms with E-state index in [0.29, 0.717) is 24.5 Å². The molecule has 2 N–H and O–H groups in total. The minimum absolute atomic E-state index is 0.250. The lowest BCUT2D eigenvalue weighted by Crippen LogP contribution is -2.40. The Morgan fingerprint density at radius 1 is 1.52 bits per heavy atom. The van der Waals surface area contributed by atoms with E-state index in [1.807, 2.05) is 12.3 Å². The summed E-state index contributed by atoms with van der Waals surface area (Å²) < 4.78 is 7.84. The molecule has 1 aromatic heterocycles. The van der Waals surface area contributed by atoms with Gasteiger partial charge in [0.05, 0.1) is 13.2 Å². The third-order valence-corrected chi connectivity index (χ3v) is 3.12. The number of halogens is 1. The SMILES string of the molecule is CC/C=C/n1cc(Br)nc(N2CCOCC2)c1=N.O=CO. The molecule has 0 aromatic carbocycles. The van der Waals surface area contributed by atoms with Crippen LogP contribution in [0.15, 0.2) is 16.9 Å². The Bertz CT molecular complexity index is 539. The van der Waals surface area contributed by atoms with Crippen molar-refractivity contribution in [2.24, 2.45) is 0 Å². The number of carboxylic acid groups (broad SMARTS) is 1. The number of carbonyl (C=O) groups is 1. The molecule has 0 aliphatic carbocycles. The lowest BCUT2D eigenvalue weighted by atomic mass is 10.4. The van der Waals surface area contributed by atoms with Crippen LogP contribution in [0.4, 0.5) is 5.82 Å². The van der Waals surface area contributed by atoms with Gasteiger partial charge in [0.1, 0.15) is 4.60 Å². The van der Waals surface area contributed by atoms with E-state index >= 15 is 0 Å². The molecule has 0 saturated carbocycles. The maximum absolute atomic E-state index is 8.36. The standard InChI is InChI=1S/C12H17BrN4O.CH2O2/c1-2-3-4-17-9-10(13)15-12(11(17)14)16-5-7-18-8-6-16;2-1-3/h3-4,9,14H,2,5-8H2,1H3;1H,(H,2,3)/b4-3+,14-11?;. The number of morpholine rings is 1. The molecule has 1 aliphatic heterocycles. The zero-order chi connectivity index (χ0) is 15.7. The Morgan fingerprint density at radius 3 is 2.71 bits per heavy atom. The molecular weight excluding hydrogens is 340 g/mol. The minimum Gasteiger partial charge on any atom is -0.483 e. The van der Waals surface area contributed by atoms with Crippen molar-refractivity contribution in [2.45, 2.75) is 13.3 Å². The highest BCUT2D eigenvalue weighted by atomic mass is 79.9. The second kappa shape index (κ2) is 9.30. The van der Waals surface area contributed by atoms with Gasteiger partial charge in [0.25, 0.3) is 6.47 Å². The van der Waals surface area contributed by atoms with Crippen molar-refractivity contribution in [3.05, 3.63) is 22.4 Å². The van der Waals surface area contributed by atoms with Crippen LogP contribution in [-0.4, -0.2) is 47.4 Å². The maximum Gasteiger partial charge on any atom is 0.290 e. The highest BCUT2D eigenvalue weighted by Crippen LogP contribution is 2.12. The van der Waals surface area contributed by atoms with Gasteiger partial charge in [-0.1, -0.05) is 13.0 Å². The van der Waals surface area contributed by atoms with Crippen molar-refractivity contribution in [1.82, 2.24) is 9.55 Å². The van der Waals surface area contributed by atoms with Crippen LogP contribution in [0, 0.1) is 5.41 Å². The van der Waals surface area contributed by atoms with Gasteiger partial charge in [0.2, 0.25) is 0 Å². The summed E-state index contributed by atoms with van der Waals surface area (Å²) >= 11 is 3.40. The number of nitrogens with one attached hydrogen (secondary N) is 1. The molecule has 0 unspecified atom stereocenters. The van der Waals surface area contributed by atoms with Crippen molar-refractivity contribution in [1.29, 1.82) is 5.41 Å². The fourth-order valence-corrected chi connectivity index (χ4v) is 2.20. The van der Waals surface area contributed by atoms with Crippen molar-refractivity contribution in [3.63, 3.8) is 0 Å². The molecule has 1 aromatic rings. The second-order valence-electron chi connectivity index (χ2n) is 4.14. The fourth-order valence-electron chi connectivity index (χ4n) is 1.81. The van der Waals surface area contributed by atoms with Crippen molar-refractivity contribution in [2.75, 3.05) is 31.2 Å². The van der Waals surface area contributed by atoms with Gasteiger partial charge in [-0.05, 0) is 22.4 Å². The van der Waals surface area contributed by atoms with E-state index in [1.54, 1.807) is 10.8 Å². The molecule has 2 rings (SSSR count). The van der Waals surface area contributed by atoms with E-state index in [0.717, 1.165) is 24.1 Å². The van der Waals surface area contributed by atoms with Crippen LogP contribution in [0.3, 0.4) is 0 Å². The highest BCUT2D eigenvalue weighted by Gasteiger charge is 2.15. The molecule has 21 heavy (non-hydrogen) atoms. The number of anilines is 1. The van der Waals surface area contributed by atoms with Crippen molar-refractivity contribution < 1.29 is 14.6 Å². The number of aromatic nitrogens is 2. The first kappa shape index (κ1) is 17.4. The fraction of sp³-hybridized carbons (Fsp3) is 0.462. The Labute approximate surface area is 131 Å². The van der Waals surface area contributed by atoms with Gasteiger partial charge < -0.3 is 19.3 Å². The van der Waals surface area contributed by atoms with Crippen molar-refractivity contribution in [3.8, 4) is 0 Å². The number of allylic oxidation sites excluding steroid dienone is 1. The summed E-state index contributed by atoms with van der Waals surface area (Å²) in [6.07, 6.45) is 6.67. The molecule has 8 heteroatoms. The summed E-state index contributed by atoms with van der Waals surface area (Å²) in [5.41, 5.74) is 0.407. The Hall–Kier alpha value is -1.67. The zero-order valence-corrected chi connectivity index (χ0v) is 13.4. The summed E-state index contributed by atoms with van der Waals surface area (Å²) in [5.74, 6) is 0.702. The van der Waals surface area contributed by atoms with Gasteiger partial charge in [0.15, 0.2) is 11.3 Å². The first-order valence-electron chi connectivity index (χ1n) is 6.54. The van der Waals surface area contributed by atoms with Crippen LogP contribution in [-0.2, 0) is 9.53 Å². The van der Waals surface area contributed by atoms with E-state index in [1.165, 1.54) is 0 Å². The zero-order valence-electron chi connectivity index (χ0n) is 11.8. The van der Waals surface area contributed by atoms with Crippen LogP contribution >= 0.6 is 15.9 Å².